The van der Waals surface area contributed by atoms with Gasteiger partial charge in [-0.3, -0.25) is 14.5 Å². The second-order valence-electron chi connectivity index (χ2n) is 6.85. The summed E-state index contributed by atoms with van der Waals surface area (Å²) in [5.41, 5.74) is 1.94. The molecule has 0 saturated carbocycles. The Morgan fingerprint density at radius 2 is 1.91 bits per heavy atom. The molecule has 1 aliphatic heterocycles. The third-order valence-electron chi connectivity index (χ3n) is 4.67. The van der Waals surface area contributed by atoms with Crippen LogP contribution in [-0.4, -0.2) is 34.7 Å². The lowest BCUT2D eigenvalue weighted by molar-refractivity contribution is -0.150. The van der Waals surface area contributed by atoms with Gasteiger partial charge >= 0.3 is 5.97 Å². The molecule has 2 aromatic rings. The summed E-state index contributed by atoms with van der Waals surface area (Å²) >= 11 is 7.72. The largest absolute Gasteiger partial charge is 0.486 e. The molecular formula is C23H18Br2N2O5S. The van der Waals surface area contributed by atoms with Crippen molar-refractivity contribution in [3.05, 3.63) is 66.9 Å². The van der Waals surface area contributed by atoms with E-state index in [0.717, 1.165) is 22.2 Å². The molecule has 3 rings (SSSR count). The molecule has 1 heterocycles. The van der Waals surface area contributed by atoms with Crippen molar-refractivity contribution in [3.63, 3.8) is 0 Å². The number of amides is 2. The van der Waals surface area contributed by atoms with Crippen LogP contribution in [0.25, 0.3) is 6.08 Å². The molecule has 0 radical (unpaired) electrons. The fraction of sp³-hybridized carbons (Fsp3) is 0.217. The molecule has 1 fully saturated rings. The van der Waals surface area contributed by atoms with E-state index in [4.69, 9.17) is 9.47 Å². The second kappa shape index (κ2) is 11.0. The Balaban J connectivity index is 1.80. The summed E-state index contributed by atoms with van der Waals surface area (Å²) in [4.78, 5) is 38.2. The van der Waals surface area contributed by atoms with Gasteiger partial charge in [-0.1, -0.05) is 18.2 Å². The second-order valence-corrected chi connectivity index (χ2v) is 9.55. The molecule has 33 heavy (non-hydrogen) atoms. The molecule has 170 valence electrons. The first-order chi connectivity index (χ1) is 15.8. The quantitative estimate of drug-likeness (QED) is 0.302. The molecule has 0 aliphatic carbocycles. The molecule has 7 nitrogen and oxygen atoms in total. The number of carbonyl (C=O) groups excluding carboxylic acids is 3. The fourth-order valence-corrected chi connectivity index (χ4v) is 5.40. The molecule has 10 heteroatoms. The van der Waals surface area contributed by atoms with E-state index in [1.54, 1.807) is 37.3 Å². The van der Waals surface area contributed by atoms with Gasteiger partial charge in [0, 0.05) is 5.56 Å². The number of thioether (sulfide) groups is 1. The maximum Gasteiger partial charge on any atom is 0.329 e. The van der Waals surface area contributed by atoms with Crippen LogP contribution in [0.4, 0.5) is 4.79 Å². The minimum Gasteiger partial charge on any atom is -0.486 e. The normalized spacial score (nSPS) is 15.5. The van der Waals surface area contributed by atoms with Gasteiger partial charge in [0.25, 0.3) is 11.1 Å². The summed E-state index contributed by atoms with van der Waals surface area (Å²) in [6, 6.07) is 11.8. The van der Waals surface area contributed by atoms with Crippen LogP contribution in [0.1, 0.15) is 30.5 Å². The lowest BCUT2D eigenvalue weighted by Crippen LogP contribution is -2.42. The molecule has 0 bridgehead atoms. The van der Waals surface area contributed by atoms with Gasteiger partial charge in [-0.15, -0.1) is 0 Å². The monoisotopic (exact) mass is 592 g/mol. The SMILES string of the molecule is CCOC(=O)[C@@H](C)N1C(=O)S/C(=C/c2cc(Br)c(OCc3ccccc3C#N)c(Br)c2)C1=O. The van der Waals surface area contributed by atoms with Crippen LogP contribution < -0.4 is 4.74 Å². The predicted octanol–water partition coefficient (Wildman–Crippen LogP) is 5.65. The number of benzene rings is 2. The standard InChI is InChI=1S/C23H18Br2N2O5S/c1-3-31-22(29)13(2)27-21(28)19(33-23(27)30)10-14-8-17(24)20(18(25)9-14)32-12-16-7-5-4-6-15(16)11-26/h4-10,13H,3,12H2,1-2H3/b19-10+/t13-/m1/s1. The van der Waals surface area contributed by atoms with E-state index in [1.807, 2.05) is 12.1 Å². The highest BCUT2D eigenvalue weighted by Gasteiger charge is 2.41. The Kier molecular flexibility index (Phi) is 8.35. The smallest absolute Gasteiger partial charge is 0.329 e. The van der Waals surface area contributed by atoms with Crippen LogP contribution in [0.5, 0.6) is 5.75 Å². The molecule has 0 N–H and O–H groups in total. The molecular weight excluding hydrogens is 576 g/mol. The van der Waals surface area contributed by atoms with E-state index in [2.05, 4.69) is 37.9 Å². The molecule has 1 atom stereocenters. The van der Waals surface area contributed by atoms with Crippen molar-refractivity contribution in [1.29, 1.82) is 5.26 Å². The van der Waals surface area contributed by atoms with E-state index in [-0.39, 0.29) is 18.1 Å². The van der Waals surface area contributed by atoms with E-state index in [0.29, 0.717) is 25.8 Å². The van der Waals surface area contributed by atoms with Crippen molar-refractivity contribution in [3.8, 4) is 11.8 Å². The van der Waals surface area contributed by atoms with Crippen LogP contribution in [0, 0.1) is 11.3 Å². The number of carbonyl (C=O) groups is 3. The van der Waals surface area contributed by atoms with Crippen molar-refractivity contribution < 1.29 is 23.9 Å². The van der Waals surface area contributed by atoms with Gasteiger partial charge in [-0.25, -0.2) is 4.79 Å². The number of imide groups is 1. The van der Waals surface area contributed by atoms with Gasteiger partial charge in [-0.05, 0) is 87.3 Å². The number of halogens is 2. The minimum absolute atomic E-state index is 0.161. The molecule has 1 aliphatic rings. The van der Waals surface area contributed by atoms with E-state index < -0.39 is 23.2 Å². The molecule has 1 saturated heterocycles. The lowest BCUT2D eigenvalue weighted by atomic mass is 10.1. The van der Waals surface area contributed by atoms with Crippen molar-refractivity contribution in [2.75, 3.05) is 6.61 Å². The van der Waals surface area contributed by atoms with Crippen molar-refractivity contribution >= 4 is 66.8 Å². The van der Waals surface area contributed by atoms with Gasteiger partial charge in [-0.2, -0.15) is 5.26 Å². The topological polar surface area (TPSA) is 96.7 Å². The average molecular weight is 594 g/mol. The summed E-state index contributed by atoms with van der Waals surface area (Å²) in [6.07, 6.45) is 1.58. The van der Waals surface area contributed by atoms with E-state index in [1.165, 1.54) is 6.92 Å². The summed E-state index contributed by atoms with van der Waals surface area (Å²) in [5.74, 6) is -0.652. The van der Waals surface area contributed by atoms with Gasteiger partial charge < -0.3 is 9.47 Å². The van der Waals surface area contributed by atoms with Crippen LogP contribution in [0.3, 0.4) is 0 Å². The molecule has 2 amide bonds. The van der Waals surface area contributed by atoms with Crippen LogP contribution >= 0.6 is 43.6 Å². The zero-order valence-electron chi connectivity index (χ0n) is 17.6. The fourth-order valence-electron chi connectivity index (χ4n) is 3.04. The number of nitriles is 1. The number of esters is 1. The Morgan fingerprint density at radius 3 is 2.55 bits per heavy atom. The van der Waals surface area contributed by atoms with Crippen LogP contribution in [0.2, 0.25) is 0 Å². The van der Waals surface area contributed by atoms with Gasteiger partial charge in [0.2, 0.25) is 0 Å². The van der Waals surface area contributed by atoms with Crippen molar-refractivity contribution in [2.45, 2.75) is 26.5 Å². The summed E-state index contributed by atoms with van der Waals surface area (Å²) in [5, 5.41) is 8.71. The Labute approximate surface area is 212 Å². The van der Waals surface area contributed by atoms with Gasteiger partial charge in [0.15, 0.2) is 0 Å². The predicted molar refractivity (Wildman–Crippen MR) is 131 cm³/mol. The number of hydrogen-bond donors (Lipinski definition) is 0. The zero-order valence-corrected chi connectivity index (χ0v) is 21.6. The number of hydrogen-bond acceptors (Lipinski definition) is 7. The minimum atomic E-state index is -1.01. The summed E-state index contributed by atoms with van der Waals surface area (Å²) in [6.45, 7) is 3.48. The van der Waals surface area contributed by atoms with Gasteiger partial charge in [0.05, 0.1) is 32.1 Å². The molecule has 0 unspecified atom stereocenters. The van der Waals surface area contributed by atoms with E-state index in [9.17, 15) is 19.6 Å². The Morgan fingerprint density at radius 1 is 1.24 bits per heavy atom. The lowest BCUT2D eigenvalue weighted by Gasteiger charge is -2.19. The van der Waals surface area contributed by atoms with Crippen molar-refractivity contribution in [1.82, 2.24) is 4.90 Å². The third-order valence-corrected chi connectivity index (χ3v) is 6.73. The maximum absolute atomic E-state index is 12.8. The first-order valence-electron chi connectivity index (χ1n) is 9.80. The maximum atomic E-state index is 12.8. The molecule has 2 aromatic carbocycles. The number of ether oxygens (including phenoxy) is 2. The Hall–Kier alpha value is -2.61. The zero-order chi connectivity index (χ0) is 24.1. The number of rotatable bonds is 7. The summed E-state index contributed by atoms with van der Waals surface area (Å²) < 4.78 is 12.1. The summed E-state index contributed by atoms with van der Waals surface area (Å²) in [7, 11) is 0. The molecule has 0 spiro atoms. The first-order valence-corrected chi connectivity index (χ1v) is 12.2. The number of nitrogens with zero attached hydrogens (tertiary/aromatic N) is 2. The average Bonchev–Trinajstić information content (AvgIpc) is 3.05. The van der Waals surface area contributed by atoms with E-state index >= 15 is 0 Å². The first kappa shape index (κ1) is 25.0. The van der Waals surface area contributed by atoms with Gasteiger partial charge in [0.1, 0.15) is 18.4 Å². The highest BCUT2D eigenvalue weighted by atomic mass is 79.9. The highest BCUT2D eigenvalue weighted by Crippen LogP contribution is 2.38. The van der Waals surface area contributed by atoms with Crippen LogP contribution in [-0.2, 0) is 20.9 Å². The Bertz CT molecular complexity index is 1170. The van der Waals surface area contributed by atoms with Crippen molar-refractivity contribution in [2.24, 2.45) is 0 Å². The third kappa shape index (κ3) is 5.66. The molecule has 0 aromatic heterocycles. The van der Waals surface area contributed by atoms with Crippen LogP contribution in [0.15, 0.2) is 50.2 Å². The highest BCUT2D eigenvalue weighted by molar-refractivity contribution is 9.11.